The number of anilines is 1. The minimum Gasteiger partial charge on any atom is -0.318 e. The molecule has 0 aliphatic carbocycles. The standard InChI is InChI=1S/C28H24BrF3N4O3S/c1-19-14-21(20(2)36(19)25-11-7-9-23(29)16-25)17-33-34-27(37)18-35(40(38,39)26-12-4-3-5-13-26)24-10-6-8-22(15-24)28(30,31)32/h3-17H,18H2,1-2H3,(H,34,37)/b33-17-. The van der Waals surface area contributed by atoms with Gasteiger partial charge in [-0.25, -0.2) is 13.8 Å². The molecular weight excluding hydrogens is 609 g/mol. The summed E-state index contributed by atoms with van der Waals surface area (Å²) >= 11 is 3.46. The van der Waals surface area contributed by atoms with Crippen LogP contribution in [0.1, 0.15) is 22.5 Å². The molecule has 0 atom stereocenters. The molecule has 0 saturated carbocycles. The van der Waals surface area contributed by atoms with Crippen LogP contribution in [-0.4, -0.2) is 31.7 Å². The van der Waals surface area contributed by atoms with Gasteiger partial charge in [-0.3, -0.25) is 9.10 Å². The van der Waals surface area contributed by atoms with E-state index in [2.05, 4.69) is 26.5 Å². The Morgan fingerprint density at radius 3 is 2.38 bits per heavy atom. The van der Waals surface area contributed by atoms with Gasteiger partial charge >= 0.3 is 6.18 Å². The molecule has 1 amide bonds. The first kappa shape index (κ1) is 29.1. The number of carbonyl (C=O) groups is 1. The highest BCUT2D eigenvalue weighted by Gasteiger charge is 2.33. The maximum atomic E-state index is 13.4. The molecular formula is C28H24BrF3N4O3S. The molecule has 7 nitrogen and oxygen atoms in total. The number of rotatable bonds is 8. The minimum atomic E-state index is -4.70. The first-order valence-electron chi connectivity index (χ1n) is 11.9. The summed E-state index contributed by atoms with van der Waals surface area (Å²) in [5, 5.41) is 3.98. The summed E-state index contributed by atoms with van der Waals surface area (Å²) < 4.78 is 70.4. The smallest absolute Gasteiger partial charge is 0.318 e. The molecule has 12 heteroatoms. The van der Waals surface area contributed by atoms with E-state index in [4.69, 9.17) is 0 Å². The first-order valence-corrected chi connectivity index (χ1v) is 14.1. The highest BCUT2D eigenvalue weighted by molar-refractivity contribution is 9.10. The van der Waals surface area contributed by atoms with E-state index in [1.54, 1.807) is 6.07 Å². The lowest BCUT2D eigenvalue weighted by atomic mass is 10.2. The molecule has 1 aromatic heterocycles. The van der Waals surface area contributed by atoms with Gasteiger partial charge < -0.3 is 4.57 Å². The summed E-state index contributed by atoms with van der Waals surface area (Å²) in [6.45, 7) is 3.01. The van der Waals surface area contributed by atoms with Gasteiger partial charge in [0.2, 0.25) is 0 Å². The van der Waals surface area contributed by atoms with Crippen molar-refractivity contribution >= 4 is 43.8 Å². The maximum absolute atomic E-state index is 13.4. The van der Waals surface area contributed by atoms with E-state index in [-0.39, 0.29) is 10.6 Å². The Morgan fingerprint density at radius 2 is 1.70 bits per heavy atom. The van der Waals surface area contributed by atoms with E-state index in [0.717, 1.165) is 33.7 Å². The molecule has 0 fully saturated rings. The Balaban J connectivity index is 1.59. The largest absolute Gasteiger partial charge is 0.416 e. The van der Waals surface area contributed by atoms with Crippen LogP contribution in [0.3, 0.4) is 0 Å². The van der Waals surface area contributed by atoms with Crippen LogP contribution in [0, 0.1) is 13.8 Å². The number of hydrazone groups is 1. The number of aryl methyl sites for hydroxylation is 1. The molecule has 0 unspecified atom stereocenters. The van der Waals surface area contributed by atoms with Crippen molar-refractivity contribution < 1.29 is 26.4 Å². The predicted molar refractivity (Wildman–Crippen MR) is 151 cm³/mol. The number of carbonyl (C=O) groups excluding carboxylic acids is 1. The van der Waals surface area contributed by atoms with E-state index in [9.17, 15) is 26.4 Å². The van der Waals surface area contributed by atoms with Gasteiger partial charge in [0, 0.05) is 27.1 Å². The van der Waals surface area contributed by atoms with Gasteiger partial charge in [-0.05, 0) is 68.4 Å². The highest BCUT2D eigenvalue weighted by Crippen LogP contribution is 2.33. The molecule has 1 N–H and O–H groups in total. The fourth-order valence-corrected chi connectivity index (χ4v) is 5.96. The minimum absolute atomic E-state index is 0.177. The lowest BCUT2D eigenvalue weighted by Crippen LogP contribution is -2.39. The average molecular weight is 633 g/mol. The second-order valence-corrected chi connectivity index (χ2v) is 11.6. The second-order valence-electron chi connectivity index (χ2n) is 8.81. The summed E-state index contributed by atoms with van der Waals surface area (Å²) in [5.74, 6) is -0.839. The van der Waals surface area contributed by atoms with Crippen LogP contribution in [-0.2, 0) is 21.0 Å². The molecule has 1 heterocycles. The van der Waals surface area contributed by atoms with Crippen LogP contribution in [0.4, 0.5) is 18.9 Å². The number of aromatic nitrogens is 1. The van der Waals surface area contributed by atoms with Crippen LogP contribution in [0.15, 0.2) is 99.4 Å². The van der Waals surface area contributed by atoms with Gasteiger partial charge in [-0.1, -0.05) is 46.3 Å². The highest BCUT2D eigenvalue weighted by atomic mass is 79.9. The lowest BCUT2D eigenvalue weighted by molar-refractivity contribution is -0.137. The molecule has 208 valence electrons. The third-order valence-electron chi connectivity index (χ3n) is 6.01. The summed E-state index contributed by atoms with van der Waals surface area (Å²) in [5.41, 5.74) is 4.35. The van der Waals surface area contributed by atoms with Crippen molar-refractivity contribution in [2.75, 3.05) is 10.8 Å². The summed E-state index contributed by atoms with van der Waals surface area (Å²) in [7, 11) is -4.39. The van der Waals surface area contributed by atoms with Crippen molar-refractivity contribution in [1.82, 2.24) is 9.99 Å². The third-order valence-corrected chi connectivity index (χ3v) is 8.29. The maximum Gasteiger partial charge on any atom is 0.416 e. The number of hydrogen-bond donors (Lipinski definition) is 1. The second kappa shape index (κ2) is 11.7. The summed E-state index contributed by atoms with van der Waals surface area (Å²) in [4.78, 5) is 12.7. The molecule has 4 aromatic rings. The van der Waals surface area contributed by atoms with E-state index >= 15 is 0 Å². The van der Waals surface area contributed by atoms with Crippen molar-refractivity contribution in [3.63, 3.8) is 0 Å². The number of alkyl halides is 3. The van der Waals surface area contributed by atoms with Gasteiger partial charge in [0.05, 0.1) is 22.4 Å². The van der Waals surface area contributed by atoms with Gasteiger partial charge in [-0.2, -0.15) is 18.3 Å². The van der Waals surface area contributed by atoms with Crippen LogP contribution < -0.4 is 9.73 Å². The van der Waals surface area contributed by atoms with Gasteiger partial charge in [0.15, 0.2) is 0 Å². The Labute approximate surface area is 238 Å². The molecule has 0 aliphatic rings. The molecule has 0 saturated heterocycles. The van der Waals surface area contributed by atoms with E-state index < -0.39 is 34.2 Å². The number of halogens is 4. The summed E-state index contributed by atoms with van der Waals surface area (Å²) in [6.07, 6.45) is -3.28. The van der Waals surface area contributed by atoms with E-state index in [1.165, 1.54) is 36.5 Å². The monoisotopic (exact) mass is 632 g/mol. The Hall–Kier alpha value is -3.90. The van der Waals surface area contributed by atoms with Crippen molar-refractivity contribution in [1.29, 1.82) is 0 Å². The number of amides is 1. The Kier molecular flexibility index (Phi) is 8.50. The summed E-state index contributed by atoms with van der Waals surface area (Å²) in [6, 6.07) is 20.6. The molecule has 0 aliphatic heterocycles. The van der Waals surface area contributed by atoms with Crippen molar-refractivity contribution in [3.05, 3.63) is 112 Å². The predicted octanol–water partition coefficient (Wildman–Crippen LogP) is 6.22. The molecule has 40 heavy (non-hydrogen) atoms. The Bertz CT molecular complexity index is 1670. The molecule has 3 aromatic carbocycles. The third kappa shape index (κ3) is 6.45. The fraction of sp³-hybridized carbons (Fsp3) is 0.143. The molecule has 0 radical (unpaired) electrons. The van der Waals surface area contributed by atoms with E-state index in [1.807, 2.05) is 48.7 Å². The number of benzene rings is 3. The van der Waals surface area contributed by atoms with E-state index in [0.29, 0.717) is 15.9 Å². The zero-order chi connectivity index (χ0) is 29.1. The van der Waals surface area contributed by atoms with Gasteiger partial charge in [0.1, 0.15) is 6.54 Å². The SMILES string of the molecule is Cc1cc(/C=N\NC(=O)CN(c2cccc(C(F)(F)F)c2)S(=O)(=O)c2ccccc2)c(C)n1-c1cccc(Br)c1. The number of hydrogen-bond acceptors (Lipinski definition) is 4. The molecule has 4 rings (SSSR count). The molecule has 0 bridgehead atoms. The van der Waals surface area contributed by atoms with Gasteiger partial charge in [0.25, 0.3) is 15.9 Å². The topological polar surface area (TPSA) is 83.8 Å². The average Bonchev–Trinajstić information content (AvgIpc) is 3.19. The zero-order valence-corrected chi connectivity index (χ0v) is 23.8. The van der Waals surface area contributed by atoms with Crippen LogP contribution in [0.25, 0.3) is 5.69 Å². The quantitative estimate of drug-likeness (QED) is 0.185. The number of nitrogens with zero attached hydrogens (tertiary/aromatic N) is 3. The number of nitrogens with one attached hydrogen (secondary N) is 1. The first-order chi connectivity index (χ1) is 18.9. The lowest BCUT2D eigenvalue weighted by Gasteiger charge is -2.24. The fourth-order valence-electron chi connectivity index (χ4n) is 4.14. The van der Waals surface area contributed by atoms with Crippen LogP contribution in [0.5, 0.6) is 0 Å². The van der Waals surface area contributed by atoms with Crippen LogP contribution >= 0.6 is 15.9 Å². The van der Waals surface area contributed by atoms with Crippen LogP contribution in [0.2, 0.25) is 0 Å². The Morgan fingerprint density at radius 1 is 1.00 bits per heavy atom. The molecule has 0 spiro atoms. The van der Waals surface area contributed by atoms with Crippen molar-refractivity contribution in [3.8, 4) is 5.69 Å². The normalized spacial score (nSPS) is 12.1. The van der Waals surface area contributed by atoms with Crippen molar-refractivity contribution in [2.24, 2.45) is 5.10 Å². The zero-order valence-electron chi connectivity index (χ0n) is 21.4. The van der Waals surface area contributed by atoms with Gasteiger partial charge in [-0.15, -0.1) is 0 Å². The number of sulfonamides is 1. The van der Waals surface area contributed by atoms with Crippen molar-refractivity contribution in [2.45, 2.75) is 24.9 Å².